The molecule has 3 rings (SSSR count). The van der Waals surface area contributed by atoms with Gasteiger partial charge in [-0.3, -0.25) is 13.9 Å². The van der Waals surface area contributed by atoms with Crippen LogP contribution in [0.15, 0.2) is 77.7 Å². The molecule has 0 spiro atoms. The summed E-state index contributed by atoms with van der Waals surface area (Å²) in [5, 5.41) is 3.41. The number of carbonyl (C=O) groups is 2. The van der Waals surface area contributed by atoms with Crippen LogP contribution in [0.3, 0.4) is 0 Å². The maximum Gasteiger partial charge on any atom is 0.264 e. The zero-order chi connectivity index (χ0) is 29.4. The first-order valence-electron chi connectivity index (χ1n) is 13.0. The number of benzene rings is 3. The van der Waals surface area contributed by atoms with Gasteiger partial charge in [0.05, 0.1) is 17.7 Å². The van der Waals surface area contributed by atoms with Crippen LogP contribution in [-0.2, 0) is 26.2 Å². The number of nitrogens with zero attached hydrogens (tertiary/aromatic N) is 2. The topological polar surface area (TPSA) is 96.0 Å². The van der Waals surface area contributed by atoms with E-state index in [1.807, 2.05) is 20.8 Å². The van der Waals surface area contributed by atoms with Gasteiger partial charge in [0.25, 0.3) is 10.0 Å². The summed E-state index contributed by atoms with van der Waals surface area (Å²) in [6.45, 7) is 7.42. The van der Waals surface area contributed by atoms with Gasteiger partial charge in [-0.15, -0.1) is 0 Å². The number of sulfonamides is 1. The minimum atomic E-state index is -4.19. The predicted molar refractivity (Wildman–Crippen MR) is 158 cm³/mol. The Balaban J connectivity index is 2.04. The van der Waals surface area contributed by atoms with Crippen LogP contribution < -0.4 is 14.4 Å². The first-order valence-corrected chi connectivity index (χ1v) is 14.8. The van der Waals surface area contributed by atoms with E-state index in [1.54, 1.807) is 67.6 Å². The van der Waals surface area contributed by atoms with E-state index < -0.39 is 28.5 Å². The van der Waals surface area contributed by atoms with Crippen molar-refractivity contribution >= 4 is 39.1 Å². The van der Waals surface area contributed by atoms with Gasteiger partial charge < -0.3 is 15.0 Å². The van der Waals surface area contributed by atoms with Crippen molar-refractivity contribution in [3.8, 4) is 5.75 Å². The normalized spacial score (nSPS) is 12.1. The summed E-state index contributed by atoms with van der Waals surface area (Å²) < 4.78 is 34.4. The van der Waals surface area contributed by atoms with Crippen LogP contribution in [-0.4, -0.2) is 51.4 Å². The van der Waals surface area contributed by atoms with Crippen molar-refractivity contribution in [1.29, 1.82) is 0 Å². The molecule has 0 bridgehead atoms. The molecule has 0 radical (unpaired) electrons. The van der Waals surface area contributed by atoms with Crippen molar-refractivity contribution in [2.75, 3.05) is 24.5 Å². The molecular weight excluding hydrogens is 550 g/mol. The maximum absolute atomic E-state index is 14.0. The number of hydrogen-bond donors (Lipinski definition) is 1. The highest BCUT2D eigenvalue weighted by Crippen LogP contribution is 2.32. The molecular formula is C30H36ClN3O5S. The van der Waals surface area contributed by atoms with E-state index in [2.05, 4.69) is 5.32 Å². The zero-order valence-electron chi connectivity index (χ0n) is 23.4. The van der Waals surface area contributed by atoms with Crippen molar-refractivity contribution in [2.24, 2.45) is 5.92 Å². The minimum absolute atomic E-state index is 0.0313. The third kappa shape index (κ3) is 7.76. The number of rotatable bonds is 12. The maximum atomic E-state index is 14.0. The Morgan fingerprint density at radius 2 is 1.57 bits per heavy atom. The number of hydrogen-bond acceptors (Lipinski definition) is 5. The van der Waals surface area contributed by atoms with Crippen LogP contribution in [0.25, 0.3) is 0 Å². The van der Waals surface area contributed by atoms with E-state index in [-0.39, 0.29) is 34.7 Å². The number of anilines is 1. The molecule has 40 heavy (non-hydrogen) atoms. The number of carbonyl (C=O) groups excluding carboxylic acids is 2. The molecule has 0 fully saturated rings. The van der Waals surface area contributed by atoms with Crippen molar-refractivity contribution in [1.82, 2.24) is 10.2 Å². The van der Waals surface area contributed by atoms with Crippen LogP contribution in [0.1, 0.15) is 31.9 Å². The molecule has 10 heteroatoms. The fourth-order valence-electron chi connectivity index (χ4n) is 4.01. The van der Waals surface area contributed by atoms with Crippen molar-refractivity contribution < 1.29 is 22.7 Å². The summed E-state index contributed by atoms with van der Waals surface area (Å²) in [6.07, 6.45) is 0. The van der Waals surface area contributed by atoms with Gasteiger partial charge in [-0.25, -0.2) is 8.42 Å². The van der Waals surface area contributed by atoms with Gasteiger partial charge in [0, 0.05) is 18.1 Å². The average Bonchev–Trinajstić information content (AvgIpc) is 2.93. The Labute approximate surface area is 241 Å². The Bertz CT molecular complexity index is 1410. The molecule has 0 saturated heterocycles. The molecule has 0 heterocycles. The molecule has 214 valence electrons. The molecule has 1 N–H and O–H groups in total. The second-order valence-corrected chi connectivity index (χ2v) is 12.3. The lowest BCUT2D eigenvalue weighted by Gasteiger charge is -2.32. The number of para-hydroxylation sites is 2. The van der Waals surface area contributed by atoms with Gasteiger partial charge in [-0.1, -0.05) is 67.4 Å². The Morgan fingerprint density at radius 1 is 0.950 bits per heavy atom. The second kappa shape index (κ2) is 13.7. The lowest BCUT2D eigenvalue weighted by atomic mass is 10.1. The van der Waals surface area contributed by atoms with E-state index in [4.69, 9.17) is 16.3 Å². The largest absolute Gasteiger partial charge is 0.495 e. The first-order chi connectivity index (χ1) is 18.9. The number of aryl methyl sites for hydroxylation is 1. The third-order valence-electron chi connectivity index (χ3n) is 6.36. The summed E-state index contributed by atoms with van der Waals surface area (Å²) in [7, 11) is -2.75. The monoisotopic (exact) mass is 585 g/mol. The summed E-state index contributed by atoms with van der Waals surface area (Å²) in [4.78, 5) is 28.5. The van der Waals surface area contributed by atoms with Crippen molar-refractivity contribution in [2.45, 2.75) is 45.2 Å². The Hall–Kier alpha value is -3.56. The first kappa shape index (κ1) is 31.0. The highest BCUT2D eigenvalue weighted by atomic mass is 35.5. The minimum Gasteiger partial charge on any atom is -0.495 e. The number of amides is 2. The van der Waals surface area contributed by atoms with Crippen LogP contribution in [0.4, 0.5) is 5.69 Å². The van der Waals surface area contributed by atoms with Gasteiger partial charge in [0.15, 0.2) is 0 Å². The molecule has 0 aliphatic carbocycles. The zero-order valence-corrected chi connectivity index (χ0v) is 25.0. The van der Waals surface area contributed by atoms with Crippen molar-refractivity contribution in [3.05, 3.63) is 88.9 Å². The smallest absolute Gasteiger partial charge is 0.264 e. The Morgan fingerprint density at radius 3 is 2.17 bits per heavy atom. The molecule has 3 aromatic rings. The van der Waals surface area contributed by atoms with Crippen LogP contribution in [0.2, 0.25) is 5.02 Å². The number of halogens is 1. The van der Waals surface area contributed by atoms with Crippen molar-refractivity contribution in [3.63, 3.8) is 0 Å². The fourth-order valence-corrected chi connectivity index (χ4v) is 5.56. The van der Waals surface area contributed by atoms with E-state index in [9.17, 15) is 18.0 Å². The summed E-state index contributed by atoms with van der Waals surface area (Å²) in [6, 6.07) is 19.1. The van der Waals surface area contributed by atoms with Crippen LogP contribution >= 0.6 is 11.6 Å². The second-order valence-electron chi connectivity index (χ2n) is 9.96. The fraction of sp³-hybridized carbons (Fsp3) is 0.333. The van der Waals surface area contributed by atoms with Gasteiger partial charge in [-0.2, -0.15) is 0 Å². The number of nitrogens with one attached hydrogen (secondary N) is 1. The van der Waals surface area contributed by atoms with E-state index in [0.29, 0.717) is 11.6 Å². The van der Waals surface area contributed by atoms with Gasteiger partial charge >= 0.3 is 0 Å². The third-order valence-corrected chi connectivity index (χ3v) is 8.39. The molecule has 0 unspecified atom stereocenters. The van der Waals surface area contributed by atoms with Gasteiger partial charge in [0.1, 0.15) is 18.3 Å². The molecule has 8 nitrogen and oxygen atoms in total. The molecule has 0 aromatic heterocycles. The SMILES string of the molecule is COc1ccccc1N(CC(=O)N(Cc1ccc(Cl)cc1)[C@@H](C)C(=O)NCC(C)C)S(=O)(=O)c1ccc(C)cc1. The van der Waals surface area contributed by atoms with E-state index in [1.165, 1.54) is 24.1 Å². The molecule has 0 aliphatic rings. The predicted octanol–water partition coefficient (Wildman–Crippen LogP) is 5.04. The molecule has 0 aliphatic heterocycles. The molecule has 0 saturated carbocycles. The number of methoxy groups -OCH3 is 1. The van der Waals surface area contributed by atoms with Gasteiger partial charge in [-0.05, 0) is 61.7 Å². The lowest BCUT2D eigenvalue weighted by molar-refractivity contribution is -0.139. The summed E-state index contributed by atoms with van der Waals surface area (Å²) in [5.74, 6) is -0.375. The lowest BCUT2D eigenvalue weighted by Crippen LogP contribution is -2.51. The Kier molecular flexibility index (Phi) is 10.6. The van der Waals surface area contributed by atoms with Crippen LogP contribution in [0.5, 0.6) is 5.75 Å². The standard InChI is InChI=1S/C30H36ClN3O5S/c1-21(2)18-32-30(36)23(4)33(19-24-12-14-25(31)15-13-24)29(35)20-34(27-8-6-7-9-28(27)39-5)40(37,38)26-16-10-22(3)11-17-26/h6-17,21,23H,18-20H2,1-5H3,(H,32,36)/t23-/m0/s1. The summed E-state index contributed by atoms with van der Waals surface area (Å²) in [5.41, 5.74) is 1.85. The van der Waals surface area contributed by atoms with Crippen LogP contribution in [0, 0.1) is 12.8 Å². The van der Waals surface area contributed by atoms with Gasteiger partial charge in [0.2, 0.25) is 11.8 Å². The molecule has 2 amide bonds. The molecule has 3 aromatic carbocycles. The quantitative estimate of drug-likeness (QED) is 0.321. The number of ether oxygens (including phenoxy) is 1. The highest BCUT2D eigenvalue weighted by Gasteiger charge is 2.33. The summed E-state index contributed by atoms with van der Waals surface area (Å²) >= 11 is 6.05. The molecule has 1 atom stereocenters. The van der Waals surface area contributed by atoms with E-state index in [0.717, 1.165) is 15.4 Å². The average molecular weight is 586 g/mol. The highest BCUT2D eigenvalue weighted by molar-refractivity contribution is 7.92. The van der Waals surface area contributed by atoms with E-state index >= 15 is 0 Å².